The molecule has 3 aromatic rings. The standard InChI is InChI=1S/C22H22FN5O2/c1-13-10-14(2)26-22(25-13)28-11-15-6-8-27(12-18(15)28)21(29)16-4-3-5-17(23)19(16)20-24-7-9-30-20/h3-5,7,9-10,15,18H,6,8,11-12H2,1-2H3. The number of oxazole rings is 1. The van der Waals surface area contributed by atoms with Crippen molar-refractivity contribution >= 4 is 11.9 Å². The number of benzene rings is 1. The number of carbonyl (C=O) groups excluding carboxylic acids is 1. The van der Waals surface area contributed by atoms with Crippen LogP contribution in [0.3, 0.4) is 0 Å². The molecule has 2 aromatic heterocycles. The number of halogens is 1. The molecule has 154 valence electrons. The Labute approximate surface area is 173 Å². The molecule has 2 unspecified atom stereocenters. The Morgan fingerprint density at radius 3 is 2.73 bits per heavy atom. The summed E-state index contributed by atoms with van der Waals surface area (Å²) in [4.78, 5) is 30.5. The molecular weight excluding hydrogens is 385 g/mol. The number of piperidine rings is 1. The van der Waals surface area contributed by atoms with Crippen LogP contribution in [0.2, 0.25) is 0 Å². The Balaban J connectivity index is 1.40. The lowest BCUT2D eigenvalue weighted by atomic mass is 9.82. The molecule has 2 saturated heterocycles. The summed E-state index contributed by atoms with van der Waals surface area (Å²) in [5, 5.41) is 0. The first kappa shape index (κ1) is 18.7. The largest absolute Gasteiger partial charge is 0.444 e. The van der Waals surface area contributed by atoms with Crippen molar-refractivity contribution in [1.29, 1.82) is 0 Å². The first-order chi connectivity index (χ1) is 14.5. The first-order valence-electron chi connectivity index (χ1n) is 10.1. The summed E-state index contributed by atoms with van der Waals surface area (Å²) < 4.78 is 19.8. The van der Waals surface area contributed by atoms with Gasteiger partial charge < -0.3 is 14.2 Å². The van der Waals surface area contributed by atoms with Crippen LogP contribution in [0.1, 0.15) is 28.2 Å². The smallest absolute Gasteiger partial charge is 0.254 e. The average Bonchev–Trinajstić information content (AvgIpc) is 3.22. The van der Waals surface area contributed by atoms with Crippen molar-refractivity contribution in [1.82, 2.24) is 19.9 Å². The highest BCUT2D eigenvalue weighted by Gasteiger charge is 2.45. The summed E-state index contributed by atoms with van der Waals surface area (Å²) >= 11 is 0. The third-order valence-electron chi connectivity index (χ3n) is 5.96. The van der Waals surface area contributed by atoms with Crippen LogP contribution in [0.15, 0.2) is 41.1 Å². The minimum Gasteiger partial charge on any atom is -0.444 e. The maximum absolute atomic E-state index is 14.6. The van der Waals surface area contributed by atoms with Crippen LogP contribution in [0.5, 0.6) is 0 Å². The van der Waals surface area contributed by atoms with Gasteiger partial charge in [-0.25, -0.2) is 19.3 Å². The maximum atomic E-state index is 14.6. The van der Waals surface area contributed by atoms with Crippen LogP contribution >= 0.6 is 0 Å². The molecule has 0 spiro atoms. The van der Waals surface area contributed by atoms with Gasteiger partial charge in [0.15, 0.2) is 0 Å². The summed E-state index contributed by atoms with van der Waals surface area (Å²) in [7, 11) is 0. The number of aryl methyl sites for hydroxylation is 2. The highest BCUT2D eigenvalue weighted by atomic mass is 19.1. The van der Waals surface area contributed by atoms with E-state index in [-0.39, 0.29) is 29.0 Å². The third kappa shape index (κ3) is 3.12. The highest BCUT2D eigenvalue weighted by Crippen LogP contribution is 2.36. The van der Waals surface area contributed by atoms with Crippen molar-refractivity contribution in [2.24, 2.45) is 5.92 Å². The predicted octanol–water partition coefficient (Wildman–Crippen LogP) is 3.24. The van der Waals surface area contributed by atoms with Gasteiger partial charge in [-0.1, -0.05) is 6.07 Å². The topological polar surface area (TPSA) is 75.4 Å². The normalized spacial score (nSPS) is 20.6. The van der Waals surface area contributed by atoms with E-state index in [1.165, 1.54) is 18.5 Å². The second-order valence-electron chi connectivity index (χ2n) is 7.97. The summed E-state index contributed by atoms with van der Waals surface area (Å²) in [5.41, 5.74) is 2.24. The number of amides is 1. The van der Waals surface area contributed by atoms with E-state index in [2.05, 4.69) is 19.9 Å². The van der Waals surface area contributed by atoms with Gasteiger partial charge in [-0.2, -0.15) is 0 Å². The Bertz CT molecular complexity index is 1080. The fourth-order valence-corrected chi connectivity index (χ4v) is 4.48. The predicted molar refractivity (Wildman–Crippen MR) is 109 cm³/mol. The van der Waals surface area contributed by atoms with Gasteiger partial charge in [0, 0.05) is 36.9 Å². The van der Waals surface area contributed by atoms with E-state index in [0.29, 0.717) is 25.0 Å². The quantitative estimate of drug-likeness (QED) is 0.664. The first-order valence-corrected chi connectivity index (χ1v) is 10.1. The summed E-state index contributed by atoms with van der Waals surface area (Å²) in [6.07, 6.45) is 3.72. The second kappa shape index (κ2) is 7.19. The van der Waals surface area contributed by atoms with E-state index in [0.717, 1.165) is 24.4 Å². The van der Waals surface area contributed by atoms with Crippen LogP contribution in [0.25, 0.3) is 11.5 Å². The van der Waals surface area contributed by atoms with Gasteiger partial charge >= 0.3 is 0 Å². The molecule has 5 rings (SSSR count). The minimum atomic E-state index is -0.521. The maximum Gasteiger partial charge on any atom is 0.254 e. The Hall–Kier alpha value is -3.29. The zero-order valence-electron chi connectivity index (χ0n) is 16.9. The van der Waals surface area contributed by atoms with Gasteiger partial charge in [0.05, 0.1) is 23.4 Å². The number of carbonyl (C=O) groups is 1. The summed E-state index contributed by atoms with van der Waals surface area (Å²) in [5.74, 6) is 0.605. The van der Waals surface area contributed by atoms with E-state index >= 15 is 0 Å². The van der Waals surface area contributed by atoms with Crippen LogP contribution < -0.4 is 4.90 Å². The molecule has 1 amide bonds. The third-order valence-corrected chi connectivity index (χ3v) is 5.96. The molecular formula is C22H22FN5O2. The Kier molecular flexibility index (Phi) is 4.49. The molecule has 8 heteroatoms. The van der Waals surface area contributed by atoms with E-state index in [1.807, 2.05) is 19.9 Å². The van der Waals surface area contributed by atoms with Crippen molar-refractivity contribution in [3.8, 4) is 11.5 Å². The molecule has 2 fully saturated rings. The number of rotatable bonds is 3. The Morgan fingerprint density at radius 1 is 1.20 bits per heavy atom. The van der Waals surface area contributed by atoms with Crippen molar-refractivity contribution < 1.29 is 13.6 Å². The second-order valence-corrected chi connectivity index (χ2v) is 7.97. The number of fused-ring (bicyclic) bond motifs is 1. The van der Waals surface area contributed by atoms with E-state index < -0.39 is 5.82 Å². The molecule has 0 saturated carbocycles. The van der Waals surface area contributed by atoms with E-state index in [4.69, 9.17) is 4.42 Å². The molecule has 0 bridgehead atoms. The SMILES string of the molecule is Cc1cc(C)nc(N2CC3CCN(C(=O)c4cccc(F)c4-c4ncco4)CC32)n1. The molecule has 2 aliphatic rings. The minimum absolute atomic E-state index is 0.109. The van der Waals surface area contributed by atoms with Crippen LogP contribution in [-0.4, -0.2) is 51.4 Å². The number of nitrogens with zero attached hydrogens (tertiary/aromatic N) is 5. The van der Waals surface area contributed by atoms with Crippen LogP contribution in [0, 0.1) is 25.6 Å². The highest BCUT2D eigenvalue weighted by molar-refractivity contribution is 6.00. The number of likely N-dealkylation sites (tertiary alicyclic amines) is 1. The van der Waals surface area contributed by atoms with E-state index in [9.17, 15) is 9.18 Å². The fourth-order valence-electron chi connectivity index (χ4n) is 4.48. The van der Waals surface area contributed by atoms with E-state index in [1.54, 1.807) is 17.0 Å². The summed E-state index contributed by atoms with van der Waals surface area (Å²) in [6, 6.07) is 6.60. The number of aromatic nitrogens is 3. The van der Waals surface area contributed by atoms with Crippen LogP contribution in [-0.2, 0) is 0 Å². The molecule has 1 aromatic carbocycles. The van der Waals surface area contributed by atoms with Crippen molar-refractivity contribution in [3.63, 3.8) is 0 Å². The van der Waals surface area contributed by atoms with Gasteiger partial charge in [-0.3, -0.25) is 4.79 Å². The van der Waals surface area contributed by atoms with Gasteiger partial charge in [-0.15, -0.1) is 0 Å². The molecule has 2 aliphatic heterocycles. The van der Waals surface area contributed by atoms with Gasteiger partial charge in [0.1, 0.15) is 12.1 Å². The zero-order valence-corrected chi connectivity index (χ0v) is 16.9. The molecule has 30 heavy (non-hydrogen) atoms. The molecule has 0 aliphatic carbocycles. The lowest BCUT2D eigenvalue weighted by Crippen LogP contribution is -2.65. The van der Waals surface area contributed by atoms with Gasteiger partial charge in [0.25, 0.3) is 5.91 Å². The lowest BCUT2D eigenvalue weighted by Gasteiger charge is -2.53. The molecule has 4 heterocycles. The molecule has 7 nitrogen and oxygen atoms in total. The Morgan fingerprint density at radius 2 is 2.00 bits per heavy atom. The average molecular weight is 407 g/mol. The number of hydrogen-bond acceptors (Lipinski definition) is 6. The molecule has 0 radical (unpaired) electrons. The molecule has 2 atom stereocenters. The zero-order chi connectivity index (χ0) is 20.8. The molecule has 0 N–H and O–H groups in total. The van der Waals surface area contributed by atoms with Crippen molar-refractivity contribution in [2.75, 3.05) is 24.5 Å². The summed E-state index contributed by atoms with van der Waals surface area (Å²) in [6.45, 7) is 6.02. The fraction of sp³-hybridized carbons (Fsp3) is 0.364. The number of anilines is 1. The number of hydrogen-bond donors (Lipinski definition) is 0. The van der Waals surface area contributed by atoms with Crippen LogP contribution in [0.4, 0.5) is 10.3 Å². The van der Waals surface area contributed by atoms with Gasteiger partial charge in [0.2, 0.25) is 11.8 Å². The van der Waals surface area contributed by atoms with Gasteiger partial charge in [-0.05, 0) is 38.5 Å². The lowest BCUT2D eigenvalue weighted by molar-refractivity contribution is 0.0589. The van der Waals surface area contributed by atoms with Crippen molar-refractivity contribution in [2.45, 2.75) is 26.3 Å². The van der Waals surface area contributed by atoms with Crippen molar-refractivity contribution in [3.05, 3.63) is 59.5 Å². The monoisotopic (exact) mass is 407 g/mol.